The highest BCUT2D eigenvalue weighted by molar-refractivity contribution is 6.32. The molecular weight excluding hydrogens is 312 g/mol. The number of aromatic amines is 1. The standard InChI is InChI=1S/C14H13ClN2O5/c1-7-9(6-12(18)19)13(20)17(14(21)16-7)8-3-4-11(22-2)10(15)5-8/h3-5H,6H2,1-2H3,(H,16,21)(H,18,19). The molecule has 8 heteroatoms. The van der Waals surface area contributed by atoms with Crippen LogP contribution in [0, 0.1) is 6.92 Å². The molecule has 0 unspecified atom stereocenters. The first-order valence-electron chi connectivity index (χ1n) is 6.25. The van der Waals surface area contributed by atoms with Crippen molar-refractivity contribution in [3.8, 4) is 11.4 Å². The van der Waals surface area contributed by atoms with Crippen LogP contribution < -0.4 is 16.0 Å². The molecule has 0 aliphatic rings. The van der Waals surface area contributed by atoms with Gasteiger partial charge in [0.25, 0.3) is 5.56 Å². The van der Waals surface area contributed by atoms with Gasteiger partial charge in [-0.3, -0.25) is 9.59 Å². The molecule has 0 amide bonds. The molecule has 0 spiro atoms. The third-order valence-electron chi connectivity index (χ3n) is 3.13. The summed E-state index contributed by atoms with van der Waals surface area (Å²) in [6.07, 6.45) is -0.481. The molecule has 0 radical (unpaired) electrons. The minimum absolute atomic E-state index is 0.0130. The summed E-state index contributed by atoms with van der Waals surface area (Å²) < 4.78 is 5.85. The van der Waals surface area contributed by atoms with Gasteiger partial charge in [-0.15, -0.1) is 0 Å². The topological polar surface area (TPSA) is 101 Å². The maximum atomic E-state index is 12.4. The van der Waals surface area contributed by atoms with E-state index < -0.39 is 23.6 Å². The highest BCUT2D eigenvalue weighted by Crippen LogP contribution is 2.25. The van der Waals surface area contributed by atoms with Crippen molar-refractivity contribution < 1.29 is 14.6 Å². The maximum Gasteiger partial charge on any atom is 0.333 e. The first-order valence-corrected chi connectivity index (χ1v) is 6.63. The highest BCUT2D eigenvalue weighted by Gasteiger charge is 2.16. The van der Waals surface area contributed by atoms with Crippen LogP contribution in [0.1, 0.15) is 11.3 Å². The van der Waals surface area contributed by atoms with Crippen LogP contribution in [-0.2, 0) is 11.2 Å². The van der Waals surface area contributed by atoms with Crippen LogP contribution in [0.15, 0.2) is 27.8 Å². The molecule has 1 heterocycles. The number of rotatable bonds is 4. The van der Waals surface area contributed by atoms with Gasteiger partial charge < -0.3 is 14.8 Å². The first-order chi connectivity index (χ1) is 10.3. The second-order valence-corrected chi connectivity index (χ2v) is 4.97. The molecule has 2 N–H and O–H groups in total. The largest absolute Gasteiger partial charge is 0.495 e. The fourth-order valence-corrected chi connectivity index (χ4v) is 2.32. The molecule has 0 aliphatic carbocycles. The second-order valence-electron chi connectivity index (χ2n) is 4.56. The molecule has 116 valence electrons. The molecule has 0 saturated heterocycles. The van der Waals surface area contributed by atoms with Crippen LogP contribution >= 0.6 is 11.6 Å². The number of nitrogens with zero attached hydrogens (tertiary/aromatic N) is 1. The Labute approximate surface area is 129 Å². The van der Waals surface area contributed by atoms with Crippen LogP contribution in [0.3, 0.4) is 0 Å². The van der Waals surface area contributed by atoms with E-state index in [0.29, 0.717) is 5.75 Å². The lowest BCUT2D eigenvalue weighted by Gasteiger charge is -2.10. The smallest absolute Gasteiger partial charge is 0.333 e. The van der Waals surface area contributed by atoms with Crippen molar-refractivity contribution in [1.29, 1.82) is 0 Å². The van der Waals surface area contributed by atoms with Crippen LogP contribution in [0.25, 0.3) is 5.69 Å². The van der Waals surface area contributed by atoms with Crippen molar-refractivity contribution in [3.63, 3.8) is 0 Å². The number of carboxylic acids is 1. The van der Waals surface area contributed by atoms with E-state index in [1.807, 2.05) is 0 Å². The van der Waals surface area contributed by atoms with Crippen molar-refractivity contribution in [1.82, 2.24) is 9.55 Å². The number of hydrogen-bond acceptors (Lipinski definition) is 4. The molecule has 0 aliphatic heterocycles. The maximum absolute atomic E-state index is 12.4. The van der Waals surface area contributed by atoms with E-state index in [2.05, 4.69) is 4.98 Å². The molecule has 0 bridgehead atoms. The molecule has 1 aromatic carbocycles. The van der Waals surface area contributed by atoms with Gasteiger partial charge in [-0.2, -0.15) is 0 Å². The predicted octanol–water partition coefficient (Wildman–Crippen LogP) is 1.12. The normalized spacial score (nSPS) is 10.5. The zero-order valence-corrected chi connectivity index (χ0v) is 12.6. The summed E-state index contributed by atoms with van der Waals surface area (Å²) in [5.74, 6) is -0.765. The molecule has 1 aromatic heterocycles. The molecular formula is C14H13ClN2O5. The summed E-state index contributed by atoms with van der Waals surface area (Å²) in [7, 11) is 1.44. The molecule has 0 fully saturated rings. The van der Waals surface area contributed by atoms with Gasteiger partial charge in [0.15, 0.2) is 0 Å². The zero-order valence-electron chi connectivity index (χ0n) is 11.8. The number of hydrogen-bond donors (Lipinski definition) is 2. The number of nitrogens with one attached hydrogen (secondary N) is 1. The Morgan fingerprint density at radius 3 is 2.64 bits per heavy atom. The Kier molecular flexibility index (Phi) is 4.37. The van der Waals surface area contributed by atoms with Crippen LogP contribution in [0.2, 0.25) is 5.02 Å². The Balaban J connectivity index is 2.70. The van der Waals surface area contributed by atoms with E-state index in [1.54, 1.807) is 0 Å². The number of aliphatic carboxylic acids is 1. The van der Waals surface area contributed by atoms with Gasteiger partial charge in [0.1, 0.15) is 5.75 Å². The fraction of sp³-hybridized carbons (Fsp3) is 0.214. The van der Waals surface area contributed by atoms with E-state index in [-0.39, 0.29) is 22.0 Å². The second kappa shape index (κ2) is 6.07. The average Bonchev–Trinajstić information content (AvgIpc) is 2.43. The summed E-state index contributed by atoms with van der Waals surface area (Å²) in [6, 6.07) is 4.40. The van der Waals surface area contributed by atoms with Gasteiger partial charge >= 0.3 is 11.7 Å². The van der Waals surface area contributed by atoms with Crippen molar-refractivity contribution in [2.75, 3.05) is 7.11 Å². The summed E-state index contributed by atoms with van der Waals surface area (Å²) in [5, 5.41) is 9.11. The Hall–Kier alpha value is -2.54. The SMILES string of the molecule is COc1ccc(-n2c(=O)[nH]c(C)c(CC(=O)O)c2=O)cc1Cl. The summed E-state index contributed by atoms with van der Waals surface area (Å²) >= 11 is 5.99. The Morgan fingerprint density at radius 2 is 2.09 bits per heavy atom. The van der Waals surface area contributed by atoms with Gasteiger partial charge in [0.2, 0.25) is 0 Å². The fourth-order valence-electron chi connectivity index (χ4n) is 2.07. The number of H-pyrrole nitrogens is 1. The van der Waals surface area contributed by atoms with E-state index in [0.717, 1.165) is 4.57 Å². The third-order valence-corrected chi connectivity index (χ3v) is 3.43. The van der Waals surface area contributed by atoms with Crippen molar-refractivity contribution in [3.05, 3.63) is 55.3 Å². The van der Waals surface area contributed by atoms with E-state index in [9.17, 15) is 14.4 Å². The lowest BCUT2D eigenvalue weighted by Crippen LogP contribution is -2.37. The monoisotopic (exact) mass is 324 g/mol. The average molecular weight is 325 g/mol. The number of aromatic nitrogens is 2. The van der Waals surface area contributed by atoms with Gasteiger partial charge in [-0.25, -0.2) is 9.36 Å². The first kappa shape index (κ1) is 15.8. The minimum atomic E-state index is -1.16. The van der Waals surface area contributed by atoms with Gasteiger partial charge in [0.05, 0.1) is 24.2 Å². The number of ether oxygens (including phenoxy) is 1. The molecule has 2 rings (SSSR count). The number of methoxy groups -OCH3 is 1. The molecule has 7 nitrogen and oxygen atoms in total. The van der Waals surface area contributed by atoms with Crippen LogP contribution in [0.5, 0.6) is 5.75 Å². The lowest BCUT2D eigenvalue weighted by molar-refractivity contribution is -0.136. The number of halogens is 1. The summed E-state index contributed by atoms with van der Waals surface area (Å²) in [5.41, 5.74) is -0.890. The van der Waals surface area contributed by atoms with Gasteiger partial charge in [-0.05, 0) is 25.1 Å². The number of carbonyl (C=O) groups is 1. The van der Waals surface area contributed by atoms with Crippen molar-refractivity contribution in [2.45, 2.75) is 13.3 Å². The highest BCUT2D eigenvalue weighted by atomic mass is 35.5. The molecule has 2 aromatic rings. The molecule has 22 heavy (non-hydrogen) atoms. The van der Waals surface area contributed by atoms with Crippen LogP contribution in [0.4, 0.5) is 0 Å². The van der Waals surface area contributed by atoms with Gasteiger partial charge in [0, 0.05) is 11.3 Å². The quantitative estimate of drug-likeness (QED) is 0.877. The van der Waals surface area contributed by atoms with Gasteiger partial charge in [-0.1, -0.05) is 11.6 Å². The van der Waals surface area contributed by atoms with Crippen LogP contribution in [-0.4, -0.2) is 27.7 Å². The summed E-state index contributed by atoms with van der Waals surface area (Å²) in [6.45, 7) is 1.48. The Morgan fingerprint density at radius 1 is 1.41 bits per heavy atom. The van der Waals surface area contributed by atoms with E-state index >= 15 is 0 Å². The minimum Gasteiger partial charge on any atom is -0.495 e. The third kappa shape index (κ3) is 2.89. The summed E-state index contributed by atoms with van der Waals surface area (Å²) in [4.78, 5) is 37.8. The Bertz CT molecular complexity index is 853. The number of aryl methyl sites for hydroxylation is 1. The number of benzene rings is 1. The van der Waals surface area contributed by atoms with Crippen molar-refractivity contribution >= 4 is 17.6 Å². The zero-order chi connectivity index (χ0) is 16.4. The van der Waals surface area contributed by atoms with E-state index in [4.69, 9.17) is 21.4 Å². The lowest BCUT2D eigenvalue weighted by atomic mass is 10.1. The predicted molar refractivity (Wildman–Crippen MR) is 80.3 cm³/mol. The molecule has 0 atom stereocenters. The number of carboxylic acid groups (broad SMARTS) is 1. The van der Waals surface area contributed by atoms with E-state index in [1.165, 1.54) is 32.2 Å². The van der Waals surface area contributed by atoms with Crippen molar-refractivity contribution in [2.24, 2.45) is 0 Å². The molecule has 0 saturated carbocycles.